The lowest BCUT2D eigenvalue weighted by atomic mass is 10.1. The number of hydrogen-bond donors (Lipinski definition) is 1. The third-order valence-corrected chi connectivity index (χ3v) is 4.25. The number of aromatic carboxylic acids is 1. The molecule has 27 heavy (non-hydrogen) atoms. The molecule has 136 valence electrons. The Morgan fingerprint density at radius 3 is 2.52 bits per heavy atom. The molecular weight excluding hydrogens is 359 g/mol. The highest BCUT2D eigenvalue weighted by Crippen LogP contribution is 2.31. The van der Waals surface area contributed by atoms with E-state index < -0.39 is 17.7 Å². The van der Waals surface area contributed by atoms with Gasteiger partial charge in [0.1, 0.15) is 5.69 Å². The highest BCUT2D eigenvalue weighted by molar-refractivity contribution is 5.94. The summed E-state index contributed by atoms with van der Waals surface area (Å²) in [5, 5.41) is 9.20. The number of hydrogen-bond acceptors (Lipinski definition) is 3. The predicted molar refractivity (Wildman–Crippen MR) is 92.6 cm³/mol. The number of benzene rings is 1. The first-order valence-corrected chi connectivity index (χ1v) is 7.93. The summed E-state index contributed by atoms with van der Waals surface area (Å²) in [5.41, 5.74) is 2.59. The van der Waals surface area contributed by atoms with Gasteiger partial charge in [0, 0.05) is 12.4 Å². The number of nitrogens with zero attached hydrogens (tertiary/aromatic N) is 3. The van der Waals surface area contributed by atoms with Crippen LogP contribution in [-0.4, -0.2) is 25.4 Å². The van der Waals surface area contributed by atoms with Gasteiger partial charge in [-0.05, 0) is 48.9 Å². The number of halogens is 3. The molecule has 5 nitrogen and oxygen atoms in total. The zero-order valence-corrected chi connectivity index (χ0v) is 13.9. The second-order valence-electron chi connectivity index (χ2n) is 6.17. The number of rotatable bonds is 2. The maximum absolute atomic E-state index is 12.8. The van der Waals surface area contributed by atoms with Gasteiger partial charge in [0.25, 0.3) is 0 Å². The van der Waals surface area contributed by atoms with E-state index in [9.17, 15) is 23.1 Å². The van der Waals surface area contributed by atoms with Crippen molar-refractivity contribution in [2.45, 2.75) is 13.1 Å². The van der Waals surface area contributed by atoms with E-state index in [1.807, 2.05) is 23.6 Å². The van der Waals surface area contributed by atoms with Crippen LogP contribution in [-0.2, 0) is 6.18 Å². The monoisotopic (exact) mass is 371 g/mol. The van der Waals surface area contributed by atoms with Crippen molar-refractivity contribution < 1.29 is 23.1 Å². The summed E-state index contributed by atoms with van der Waals surface area (Å²) in [6, 6.07) is 8.64. The van der Waals surface area contributed by atoms with Crippen molar-refractivity contribution in [3.8, 4) is 11.4 Å². The molecule has 4 rings (SSSR count). The average molecular weight is 371 g/mol. The lowest BCUT2D eigenvalue weighted by Gasteiger charge is -2.10. The Morgan fingerprint density at radius 1 is 1.11 bits per heavy atom. The number of carboxylic acids is 1. The average Bonchev–Trinajstić information content (AvgIpc) is 3.01. The third kappa shape index (κ3) is 2.88. The molecule has 0 spiro atoms. The molecule has 1 N–H and O–H groups in total. The molecule has 8 heteroatoms. The van der Waals surface area contributed by atoms with Crippen LogP contribution >= 0.6 is 0 Å². The molecule has 1 aromatic carbocycles. The molecule has 0 saturated carbocycles. The van der Waals surface area contributed by atoms with Crippen LogP contribution in [0.25, 0.3) is 27.9 Å². The van der Waals surface area contributed by atoms with Crippen molar-refractivity contribution in [1.29, 1.82) is 0 Å². The molecule has 0 aliphatic carbocycles. The quantitative estimate of drug-likeness (QED) is 0.560. The molecule has 0 aliphatic heterocycles. The Balaban J connectivity index is 1.99. The van der Waals surface area contributed by atoms with Crippen LogP contribution in [0.1, 0.15) is 21.5 Å². The van der Waals surface area contributed by atoms with E-state index in [-0.39, 0.29) is 11.3 Å². The number of aryl methyl sites for hydroxylation is 1. The summed E-state index contributed by atoms with van der Waals surface area (Å²) in [6.45, 7) is 1.88. The highest BCUT2D eigenvalue weighted by atomic mass is 19.4. The molecule has 4 aromatic rings. The summed E-state index contributed by atoms with van der Waals surface area (Å²) in [6.07, 6.45) is -1.85. The van der Waals surface area contributed by atoms with E-state index in [0.717, 1.165) is 17.8 Å². The summed E-state index contributed by atoms with van der Waals surface area (Å²) in [7, 11) is 0. The summed E-state index contributed by atoms with van der Waals surface area (Å²) in [4.78, 5) is 19.7. The largest absolute Gasteiger partial charge is 0.478 e. The Morgan fingerprint density at radius 2 is 1.89 bits per heavy atom. The minimum Gasteiger partial charge on any atom is -0.478 e. The molecule has 0 bridgehead atoms. The Bertz CT molecular complexity index is 1190. The van der Waals surface area contributed by atoms with Crippen LogP contribution in [0.3, 0.4) is 0 Å². The number of fused-ring (bicyclic) bond motifs is 3. The molecule has 0 atom stereocenters. The minimum absolute atomic E-state index is 0.0737. The van der Waals surface area contributed by atoms with Crippen molar-refractivity contribution in [2.75, 3.05) is 0 Å². The number of aromatic nitrogens is 3. The standard InChI is InChI=1S/C19H12F3N3O2/c1-10-6-16-17(13-4-3-12(8-23-13)19(20,21)22)24-14-7-11(18(26)27)2-5-15(14)25(16)9-10/h2-9H,1H3,(H,26,27). The van der Waals surface area contributed by atoms with E-state index in [1.54, 1.807) is 6.07 Å². The lowest BCUT2D eigenvalue weighted by molar-refractivity contribution is -0.137. The van der Waals surface area contributed by atoms with Gasteiger partial charge < -0.3 is 9.51 Å². The number of carbonyl (C=O) groups is 1. The Kier molecular flexibility index (Phi) is 3.66. The van der Waals surface area contributed by atoms with Crippen LogP contribution in [0.4, 0.5) is 13.2 Å². The van der Waals surface area contributed by atoms with E-state index in [2.05, 4.69) is 9.97 Å². The predicted octanol–water partition coefficient (Wildman–Crippen LogP) is 4.57. The van der Waals surface area contributed by atoms with Crippen LogP contribution in [0.5, 0.6) is 0 Å². The SMILES string of the molecule is Cc1cc2c(-c3ccc(C(F)(F)F)cn3)nc3cc(C(=O)O)ccc3n2c1. The first-order chi connectivity index (χ1) is 12.7. The normalized spacial score (nSPS) is 12.0. The van der Waals surface area contributed by atoms with Crippen molar-refractivity contribution in [1.82, 2.24) is 14.4 Å². The molecule has 0 saturated heterocycles. The van der Waals surface area contributed by atoms with Gasteiger partial charge >= 0.3 is 12.1 Å². The van der Waals surface area contributed by atoms with Gasteiger partial charge in [-0.25, -0.2) is 9.78 Å². The fraction of sp³-hybridized carbons (Fsp3) is 0.105. The van der Waals surface area contributed by atoms with Crippen LogP contribution in [0.15, 0.2) is 48.8 Å². The third-order valence-electron chi connectivity index (χ3n) is 4.25. The Labute approximate surface area is 150 Å². The first kappa shape index (κ1) is 17.0. The maximum Gasteiger partial charge on any atom is 0.417 e. The van der Waals surface area contributed by atoms with Crippen molar-refractivity contribution in [2.24, 2.45) is 0 Å². The number of alkyl halides is 3. The minimum atomic E-state index is -4.47. The van der Waals surface area contributed by atoms with Crippen molar-refractivity contribution in [3.63, 3.8) is 0 Å². The van der Waals surface area contributed by atoms with Gasteiger partial charge in [-0.3, -0.25) is 4.98 Å². The first-order valence-electron chi connectivity index (χ1n) is 7.93. The smallest absolute Gasteiger partial charge is 0.417 e. The summed E-state index contributed by atoms with van der Waals surface area (Å²) in [5.74, 6) is -1.09. The van der Waals surface area contributed by atoms with E-state index in [1.165, 1.54) is 18.2 Å². The molecular formula is C19H12F3N3O2. The van der Waals surface area contributed by atoms with E-state index >= 15 is 0 Å². The molecule has 0 radical (unpaired) electrons. The fourth-order valence-corrected chi connectivity index (χ4v) is 2.99. The molecule has 0 aliphatic rings. The maximum atomic E-state index is 12.8. The molecule has 3 aromatic heterocycles. The fourth-order valence-electron chi connectivity index (χ4n) is 2.99. The Hall–Kier alpha value is -3.42. The van der Waals surface area contributed by atoms with Crippen LogP contribution in [0, 0.1) is 6.92 Å². The number of pyridine rings is 1. The van der Waals surface area contributed by atoms with Gasteiger partial charge in [0.2, 0.25) is 0 Å². The van der Waals surface area contributed by atoms with Crippen LogP contribution in [0.2, 0.25) is 0 Å². The lowest BCUT2D eigenvalue weighted by Crippen LogP contribution is -2.05. The molecule has 3 heterocycles. The van der Waals surface area contributed by atoms with Crippen LogP contribution < -0.4 is 0 Å². The molecule has 0 unspecified atom stereocenters. The molecule has 0 amide bonds. The van der Waals surface area contributed by atoms with Gasteiger partial charge in [-0.2, -0.15) is 13.2 Å². The zero-order chi connectivity index (χ0) is 19.3. The highest BCUT2D eigenvalue weighted by Gasteiger charge is 2.30. The van der Waals surface area contributed by atoms with E-state index in [0.29, 0.717) is 22.2 Å². The summed E-state index contributed by atoms with van der Waals surface area (Å²) < 4.78 is 40.2. The summed E-state index contributed by atoms with van der Waals surface area (Å²) >= 11 is 0. The zero-order valence-electron chi connectivity index (χ0n) is 13.9. The van der Waals surface area contributed by atoms with E-state index in [4.69, 9.17) is 0 Å². The van der Waals surface area contributed by atoms with Gasteiger partial charge in [-0.1, -0.05) is 0 Å². The second-order valence-corrected chi connectivity index (χ2v) is 6.17. The van der Waals surface area contributed by atoms with Crippen molar-refractivity contribution in [3.05, 3.63) is 65.5 Å². The van der Waals surface area contributed by atoms with Crippen molar-refractivity contribution >= 4 is 22.5 Å². The van der Waals surface area contributed by atoms with Gasteiger partial charge in [-0.15, -0.1) is 0 Å². The number of carboxylic acid groups (broad SMARTS) is 1. The van der Waals surface area contributed by atoms with Gasteiger partial charge in [0.05, 0.1) is 33.4 Å². The molecule has 0 fully saturated rings. The van der Waals surface area contributed by atoms with Gasteiger partial charge in [0.15, 0.2) is 0 Å². The second kappa shape index (κ2) is 5.80. The topological polar surface area (TPSA) is 67.5 Å².